The maximum Gasteiger partial charge on any atom is 0.450 e. The minimum absolute atomic E-state index is 0.0921. The Bertz CT molecular complexity index is 1170. The molecular weight excluding hydrogens is 380 g/mol. The molecule has 4 rings (SSSR count). The van der Waals surface area contributed by atoms with Gasteiger partial charge in [-0.2, -0.15) is 26.3 Å². The summed E-state index contributed by atoms with van der Waals surface area (Å²) in [5.74, 6) is -1.90. The number of hydrogen-bond acceptors (Lipinski definition) is 4. The zero-order valence-electron chi connectivity index (χ0n) is 12.9. The minimum atomic E-state index is -4.95. The van der Waals surface area contributed by atoms with Crippen molar-refractivity contribution in [2.24, 2.45) is 0 Å². The smallest absolute Gasteiger partial charge is 0.450 e. The van der Waals surface area contributed by atoms with Crippen LogP contribution in [0.3, 0.4) is 0 Å². The third kappa shape index (κ3) is 2.73. The van der Waals surface area contributed by atoms with E-state index in [1.807, 2.05) is 0 Å². The van der Waals surface area contributed by atoms with E-state index in [4.69, 9.17) is 0 Å². The van der Waals surface area contributed by atoms with Crippen molar-refractivity contribution in [3.63, 3.8) is 0 Å². The summed E-state index contributed by atoms with van der Waals surface area (Å²) in [7, 11) is 0. The number of hydrogen-bond donors (Lipinski definition) is 2. The van der Waals surface area contributed by atoms with Gasteiger partial charge in [0.15, 0.2) is 5.65 Å². The average molecular weight is 387 g/mol. The first kappa shape index (κ1) is 17.1. The SMILES string of the molecule is Oc1n[nH]c2ccc(-n3c(C(F)(F)F)nc4ccc(C(F)(F)F)nc43)cc12. The minimum Gasteiger partial charge on any atom is -0.492 e. The third-order valence-corrected chi connectivity index (χ3v) is 3.83. The number of rotatable bonds is 1. The number of benzene rings is 1. The number of aromatic nitrogens is 5. The second kappa shape index (κ2) is 5.34. The molecule has 3 heterocycles. The summed E-state index contributed by atoms with van der Waals surface area (Å²) in [5, 5.41) is 15.7. The number of H-pyrrole nitrogens is 1. The van der Waals surface area contributed by atoms with Crippen molar-refractivity contribution < 1.29 is 31.4 Å². The van der Waals surface area contributed by atoms with Crippen LogP contribution in [0.4, 0.5) is 26.3 Å². The Labute approximate surface area is 145 Å². The van der Waals surface area contributed by atoms with E-state index in [0.717, 1.165) is 12.1 Å². The lowest BCUT2D eigenvalue weighted by atomic mass is 10.2. The van der Waals surface area contributed by atoms with Gasteiger partial charge in [0, 0.05) is 0 Å². The highest BCUT2D eigenvalue weighted by Gasteiger charge is 2.40. The summed E-state index contributed by atoms with van der Waals surface area (Å²) in [6.45, 7) is 0. The normalized spacial score (nSPS) is 13.0. The van der Waals surface area contributed by atoms with Crippen molar-refractivity contribution in [2.45, 2.75) is 12.4 Å². The van der Waals surface area contributed by atoms with Crippen LogP contribution in [0.15, 0.2) is 30.3 Å². The predicted molar refractivity (Wildman–Crippen MR) is 80.2 cm³/mol. The number of nitrogens with zero attached hydrogens (tertiary/aromatic N) is 4. The van der Waals surface area contributed by atoms with E-state index in [9.17, 15) is 31.4 Å². The number of alkyl halides is 6. The van der Waals surface area contributed by atoms with Gasteiger partial charge in [0.1, 0.15) is 11.2 Å². The van der Waals surface area contributed by atoms with Gasteiger partial charge in [0.05, 0.1) is 16.6 Å². The second-order valence-electron chi connectivity index (χ2n) is 5.58. The largest absolute Gasteiger partial charge is 0.492 e. The molecule has 0 aliphatic carbocycles. The molecule has 0 saturated heterocycles. The lowest BCUT2D eigenvalue weighted by Crippen LogP contribution is -2.14. The van der Waals surface area contributed by atoms with Crippen molar-refractivity contribution >= 4 is 22.1 Å². The van der Waals surface area contributed by atoms with E-state index in [1.54, 1.807) is 0 Å². The lowest BCUT2D eigenvalue weighted by molar-refractivity contribution is -0.145. The maximum atomic E-state index is 13.4. The van der Waals surface area contributed by atoms with Crippen LogP contribution in [0.2, 0.25) is 0 Å². The van der Waals surface area contributed by atoms with Gasteiger partial charge in [0.2, 0.25) is 11.7 Å². The first-order valence-corrected chi connectivity index (χ1v) is 7.27. The monoisotopic (exact) mass is 387 g/mol. The second-order valence-corrected chi connectivity index (χ2v) is 5.58. The van der Waals surface area contributed by atoms with E-state index in [0.29, 0.717) is 16.2 Å². The topological polar surface area (TPSA) is 79.6 Å². The van der Waals surface area contributed by atoms with Crippen LogP contribution < -0.4 is 0 Å². The number of nitrogens with one attached hydrogen (secondary N) is 1. The van der Waals surface area contributed by atoms with Gasteiger partial charge in [-0.25, -0.2) is 9.97 Å². The van der Waals surface area contributed by atoms with Gasteiger partial charge in [-0.1, -0.05) is 0 Å². The molecule has 0 amide bonds. The molecule has 0 aliphatic heterocycles. The molecule has 0 aliphatic rings. The number of fused-ring (bicyclic) bond motifs is 2. The van der Waals surface area contributed by atoms with Gasteiger partial charge >= 0.3 is 12.4 Å². The summed E-state index contributed by atoms with van der Waals surface area (Å²) < 4.78 is 79.6. The zero-order valence-corrected chi connectivity index (χ0v) is 12.9. The molecule has 0 spiro atoms. The van der Waals surface area contributed by atoms with Crippen LogP contribution in [0.1, 0.15) is 11.5 Å². The highest BCUT2D eigenvalue weighted by atomic mass is 19.4. The van der Waals surface area contributed by atoms with Crippen LogP contribution >= 0.6 is 0 Å². The van der Waals surface area contributed by atoms with Crippen molar-refractivity contribution in [1.82, 2.24) is 24.7 Å². The fraction of sp³-hybridized carbons (Fsp3) is 0.133. The van der Waals surface area contributed by atoms with E-state index in [1.165, 1.54) is 12.1 Å². The lowest BCUT2D eigenvalue weighted by Gasteiger charge is -2.12. The molecule has 6 nitrogen and oxygen atoms in total. The molecule has 0 fully saturated rings. The maximum absolute atomic E-state index is 13.4. The molecule has 0 saturated carbocycles. The summed E-state index contributed by atoms with van der Waals surface area (Å²) in [4.78, 5) is 6.73. The van der Waals surface area contributed by atoms with E-state index in [-0.39, 0.29) is 16.6 Å². The molecule has 4 aromatic rings. The van der Waals surface area contributed by atoms with Gasteiger partial charge in [0.25, 0.3) is 0 Å². The molecule has 0 atom stereocenters. The molecule has 140 valence electrons. The van der Waals surface area contributed by atoms with Gasteiger partial charge < -0.3 is 5.11 Å². The van der Waals surface area contributed by atoms with Crippen molar-refractivity contribution in [2.75, 3.05) is 0 Å². The Morgan fingerprint density at radius 2 is 1.67 bits per heavy atom. The number of pyridine rings is 1. The quantitative estimate of drug-likeness (QED) is 0.483. The average Bonchev–Trinajstić information content (AvgIpc) is 3.14. The van der Waals surface area contributed by atoms with Crippen molar-refractivity contribution in [3.8, 4) is 11.6 Å². The molecule has 0 bridgehead atoms. The fourth-order valence-electron chi connectivity index (χ4n) is 2.68. The number of aromatic hydroxyl groups is 1. The van der Waals surface area contributed by atoms with Crippen LogP contribution in [0.5, 0.6) is 5.88 Å². The number of halogens is 6. The molecule has 3 aromatic heterocycles. The Morgan fingerprint density at radius 3 is 2.33 bits per heavy atom. The van der Waals surface area contributed by atoms with Crippen LogP contribution in [-0.2, 0) is 12.4 Å². The summed E-state index contributed by atoms with van der Waals surface area (Å²) in [5.41, 5.74) is -2.16. The van der Waals surface area contributed by atoms with Crippen LogP contribution in [-0.4, -0.2) is 29.8 Å². The molecule has 12 heteroatoms. The molecule has 0 radical (unpaired) electrons. The van der Waals surface area contributed by atoms with Crippen LogP contribution in [0.25, 0.3) is 27.8 Å². The molecule has 0 unspecified atom stereocenters. The van der Waals surface area contributed by atoms with Gasteiger partial charge in [-0.15, -0.1) is 5.10 Å². The highest BCUT2D eigenvalue weighted by Crippen LogP contribution is 2.36. The summed E-state index contributed by atoms with van der Waals surface area (Å²) in [6, 6.07) is 5.08. The zero-order chi connectivity index (χ0) is 19.6. The molecule has 27 heavy (non-hydrogen) atoms. The predicted octanol–water partition coefficient (Wildman–Crippen LogP) is 4.04. The molecular formula is C15H7F6N5O. The van der Waals surface area contributed by atoms with E-state index < -0.39 is 35.4 Å². The van der Waals surface area contributed by atoms with Gasteiger partial charge in [-0.05, 0) is 30.3 Å². The standard InChI is InChI=1S/C15H7F6N5O/c16-14(17,18)10-4-3-9-11(23-10)26(13(22-9)15(19,20)21)6-1-2-8-7(5-6)12(27)25-24-8/h1-5H,(H2,24,25,27). The fourth-order valence-corrected chi connectivity index (χ4v) is 2.68. The van der Waals surface area contributed by atoms with Crippen molar-refractivity contribution in [1.29, 1.82) is 0 Å². The Kier molecular flexibility index (Phi) is 3.39. The number of imidazole rings is 1. The third-order valence-electron chi connectivity index (χ3n) is 3.83. The molecule has 1 aromatic carbocycles. The number of aromatic amines is 1. The Morgan fingerprint density at radius 1 is 0.926 bits per heavy atom. The summed E-state index contributed by atoms with van der Waals surface area (Å²) in [6.07, 6.45) is -9.79. The molecule has 2 N–H and O–H groups in total. The van der Waals surface area contributed by atoms with Crippen LogP contribution in [0, 0.1) is 0 Å². The first-order chi connectivity index (χ1) is 12.6. The van der Waals surface area contributed by atoms with Gasteiger partial charge in [-0.3, -0.25) is 9.67 Å². The van der Waals surface area contributed by atoms with E-state index in [2.05, 4.69) is 20.2 Å². The Hall–Kier alpha value is -3.31. The van der Waals surface area contributed by atoms with Crippen molar-refractivity contribution in [3.05, 3.63) is 41.9 Å². The summed E-state index contributed by atoms with van der Waals surface area (Å²) >= 11 is 0. The Balaban J connectivity index is 2.07. The highest BCUT2D eigenvalue weighted by molar-refractivity contribution is 5.86. The van der Waals surface area contributed by atoms with E-state index >= 15 is 0 Å². The first-order valence-electron chi connectivity index (χ1n) is 7.27.